The zero-order valence-electron chi connectivity index (χ0n) is 15.8. The Balaban J connectivity index is 4.28. The minimum absolute atomic E-state index is 0.601. The van der Waals surface area contributed by atoms with Crippen molar-refractivity contribution in [1.29, 1.82) is 0 Å². The molecule has 0 saturated carbocycles. The molecular formula is C20H44P. The first-order chi connectivity index (χ1) is 10.2. The molecule has 21 heavy (non-hydrogen) atoms. The predicted molar refractivity (Wildman–Crippen MR) is 104 cm³/mol. The highest BCUT2D eigenvalue weighted by molar-refractivity contribution is 7.75. The number of unbranched alkanes of at least 4 members (excludes halogenated alkanes) is 8. The molecule has 1 heteroatoms. The maximum absolute atomic E-state index is 2.37. The van der Waals surface area contributed by atoms with Crippen LogP contribution < -0.4 is 0 Å². The SMILES string of the molecule is CCCCCCCC[P](CCCC)(CCCC)CCCC. The van der Waals surface area contributed by atoms with Crippen molar-refractivity contribution in [1.82, 2.24) is 0 Å². The monoisotopic (exact) mass is 315 g/mol. The van der Waals surface area contributed by atoms with Crippen LogP contribution in [-0.4, -0.2) is 24.6 Å². The highest BCUT2D eigenvalue weighted by Crippen LogP contribution is 2.61. The third-order valence-electron chi connectivity index (χ3n) is 4.94. The van der Waals surface area contributed by atoms with Gasteiger partial charge in [-0.15, -0.1) is 7.26 Å². The standard InChI is InChI=1S/C20H44P/c1-5-9-13-14-15-16-20-21(17-10-6-2,18-11-7-3)19-12-8-4/h5-20H2,1-4H3. The van der Waals surface area contributed by atoms with Crippen molar-refractivity contribution < 1.29 is 0 Å². The van der Waals surface area contributed by atoms with Crippen molar-refractivity contribution in [3.8, 4) is 0 Å². The fraction of sp³-hybridized carbons (Fsp3) is 1.00. The summed E-state index contributed by atoms with van der Waals surface area (Å²) in [6, 6.07) is 0. The molecule has 0 atom stereocenters. The minimum Gasteiger partial charge on any atom is -0.125 e. The second-order valence-electron chi connectivity index (χ2n) is 7.06. The van der Waals surface area contributed by atoms with Gasteiger partial charge in [-0.05, 0) is 50.3 Å². The Morgan fingerprint density at radius 1 is 0.381 bits per heavy atom. The second-order valence-corrected chi connectivity index (χ2v) is 11.5. The van der Waals surface area contributed by atoms with Crippen LogP contribution in [0, 0.1) is 0 Å². The maximum Gasteiger partial charge on any atom is -0.0359 e. The molecule has 129 valence electrons. The first-order valence-electron chi connectivity index (χ1n) is 10.1. The van der Waals surface area contributed by atoms with Crippen molar-refractivity contribution in [2.45, 2.75) is 105 Å². The van der Waals surface area contributed by atoms with Crippen molar-refractivity contribution in [2.24, 2.45) is 0 Å². The van der Waals surface area contributed by atoms with Crippen molar-refractivity contribution in [3.05, 3.63) is 0 Å². The zero-order chi connectivity index (χ0) is 15.8. The fourth-order valence-electron chi connectivity index (χ4n) is 3.38. The predicted octanol–water partition coefficient (Wildman–Crippen LogP) is 7.76. The average molecular weight is 316 g/mol. The van der Waals surface area contributed by atoms with E-state index < -0.39 is 7.26 Å². The molecule has 0 fully saturated rings. The van der Waals surface area contributed by atoms with E-state index in [0.29, 0.717) is 0 Å². The Morgan fingerprint density at radius 3 is 1.14 bits per heavy atom. The number of rotatable bonds is 16. The smallest absolute Gasteiger partial charge is 0.0359 e. The van der Waals surface area contributed by atoms with Gasteiger partial charge >= 0.3 is 0 Å². The van der Waals surface area contributed by atoms with Crippen LogP contribution in [0.4, 0.5) is 0 Å². The molecule has 0 aliphatic carbocycles. The molecule has 0 N–H and O–H groups in total. The summed E-state index contributed by atoms with van der Waals surface area (Å²) in [6.45, 7) is 9.44. The van der Waals surface area contributed by atoms with E-state index in [1.807, 2.05) is 0 Å². The average Bonchev–Trinajstić information content (AvgIpc) is 2.51. The van der Waals surface area contributed by atoms with Crippen molar-refractivity contribution >= 4 is 7.26 Å². The van der Waals surface area contributed by atoms with Gasteiger partial charge in [0.25, 0.3) is 0 Å². The van der Waals surface area contributed by atoms with Crippen LogP contribution in [-0.2, 0) is 0 Å². The molecule has 0 bridgehead atoms. The van der Waals surface area contributed by atoms with Gasteiger partial charge in [-0.2, -0.15) is 0 Å². The van der Waals surface area contributed by atoms with Gasteiger partial charge < -0.3 is 0 Å². The summed E-state index contributed by atoms with van der Waals surface area (Å²) in [5.41, 5.74) is 0. The van der Waals surface area contributed by atoms with Crippen LogP contribution in [0.25, 0.3) is 0 Å². The molecular weight excluding hydrogens is 271 g/mol. The summed E-state index contributed by atoms with van der Waals surface area (Å²) in [5, 5.41) is 0. The van der Waals surface area contributed by atoms with Crippen molar-refractivity contribution in [3.63, 3.8) is 0 Å². The van der Waals surface area contributed by atoms with Crippen LogP contribution in [0.15, 0.2) is 0 Å². The van der Waals surface area contributed by atoms with Gasteiger partial charge in [0, 0.05) is 0 Å². The Bertz CT molecular complexity index is 178. The van der Waals surface area contributed by atoms with E-state index >= 15 is 0 Å². The van der Waals surface area contributed by atoms with Gasteiger partial charge in [-0.1, -0.05) is 79.1 Å². The van der Waals surface area contributed by atoms with Gasteiger partial charge in [0.15, 0.2) is 0 Å². The largest absolute Gasteiger partial charge is 0.125 e. The number of hydrogen-bond donors (Lipinski definition) is 0. The molecule has 0 aliphatic heterocycles. The highest BCUT2D eigenvalue weighted by atomic mass is 31.2. The molecule has 0 spiro atoms. The van der Waals surface area contributed by atoms with E-state index in [2.05, 4.69) is 27.7 Å². The van der Waals surface area contributed by atoms with Crippen LogP contribution in [0.3, 0.4) is 0 Å². The third-order valence-corrected chi connectivity index (χ3v) is 10.0. The van der Waals surface area contributed by atoms with Crippen LogP contribution >= 0.6 is 7.26 Å². The summed E-state index contributed by atoms with van der Waals surface area (Å²) in [7, 11) is -0.601. The molecule has 0 aromatic carbocycles. The lowest BCUT2D eigenvalue weighted by molar-refractivity contribution is 0.624. The maximum atomic E-state index is 2.37. The fourth-order valence-corrected chi connectivity index (χ4v) is 8.58. The molecule has 0 aromatic rings. The first kappa shape index (κ1) is 21.4. The summed E-state index contributed by atoms with van der Waals surface area (Å²) in [5.74, 6) is 0. The minimum atomic E-state index is -0.601. The summed E-state index contributed by atoms with van der Waals surface area (Å²) < 4.78 is 0. The Morgan fingerprint density at radius 2 is 0.714 bits per heavy atom. The lowest BCUT2D eigenvalue weighted by Crippen LogP contribution is -2.13. The summed E-state index contributed by atoms with van der Waals surface area (Å²) in [4.78, 5) is 0. The first-order valence-corrected chi connectivity index (χ1v) is 12.6. The topological polar surface area (TPSA) is 0 Å². The van der Waals surface area contributed by atoms with Gasteiger partial charge in [-0.25, -0.2) is 0 Å². The van der Waals surface area contributed by atoms with E-state index in [0.717, 1.165) is 0 Å². The van der Waals surface area contributed by atoms with Gasteiger partial charge in [0.2, 0.25) is 0 Å². The van der Waals surface area contributed by atoms with Gasteiger partial charge in [-0.3, -0.25) is 0 Å². The number of hydrogen-bond acceptors (Lipinski definition) is 0. The third kappa shape index (κ3) is 11.6. The normalized spacial score (nSPS) is 12.0. The van der Waals surface area contributed by atoms with E-state index in [-0.39, 0.29) is 0 Å². The van der Waals surface area contributed by atoms with E-state index in [9.17, 15) is 0 Å². The molecule has 0 amide bonds. The van der Waals surface area contributed by atoms with Crippen LogP contribution in [0.2, 0.25) is 0 Å². The van der Waals surface area contributed by atoms with E-state index in [4.69, 9.17) is 0 Å². The Hall–Kier alpha value is 0.430. The van der Waals surface area contributed by atoms with Gasteiger partial charge in [0.05, 0.1) is 0 Å². The lowest BCUT2D eigenvalue weighted by atomic mass is 10.1. The summed E-state index contributed by atoms with van der Waals surface area (Å²) in [6.07, 6.45) is 24.0. The molecule has 1 radical (unpaired) electrons. The molecule has 0 aliphatic rings. The zero-order valence-corrected chi connectivity index (χ0v) is 16.7. The molecule has 0 aromatic heterocycles. The molecule has 0 nitrogen and oxygen atoms in total. The van der Waals surface area contributed by atoms with Gasteiger partial charge in [0.1, 0.15) is 0 Å². The second kappa shape index (κ2) is 15.3. The summed E-state index contributed by atoms with van der Waals surface area (Å²) >= 11 is 0. The quantitative estimate of drug-likeness (QED) is 0.201. The van der Waals surface area contributed by atoms with Crippen LogP contribution in [0.1, 0.15) is 105 Å². The Labute approximate surface area is 137 Å². The van der Waals surface area contributed by atoms with Crippen molar-refractivity contribution in [2.75, 3.05) is 24.6 Å². The molecule has 0 heterocycles. The molecule has 0 rings (SSSR count). The lowest BCUT2D eigenvalue weighted by Gasteiger charge is -2.37. The Kier molecular flexibility index (Phi) is 15.6. The molecule has 0 unspecified atom stereocenters. The molecule has 0 saturated heterocycles. The van der Waals surface area contributed by atoms with E-state index in [1.54, 1.807) is 24.6 Å². The van der Waals surface area contributed by atoms with E-state index in [1.165, 1.54) is 77.0 Å². The van der Waals surface area contributed by atoms with Crippen LogP contribution in [0.5, 0.6) is 0 Å². The highest BCUT2D eigenvalue weighted by Gasteiger charge is 2.24.